The summed E-state index contributed by atoms with van der Waals surface area (Å²) in [6, 6.07) is 0. The van der Waals surface area contributed by atoms with Crippen molar-refractivity contribution < 1.29 is 8.23 Å². The van der Waals surface area contributed by atoms with E-state index in [-0.39, 0.29) is 0 Å². The van der Waals surface area contributed by atoms with Crippen LogP contribution in [0.2, 0.25) is 52.4 Å². The minimum atomic E-state index is -1.89. The van der Waals surface area contributed by atoms with Gasteiger partial charge in [-0.15, -0.1) is 44.3 Å². The minimum absolute atomic E-state index is 1.89. The summed E-state index contributed by atoms with van der Waals surface area (Å²) in [6.45, 7) is 15.4. The summed E-state index contributed by atoms with van der Waals surface area (Å²) in [5, 5.41) is 0. The first-order chi connectivity index (χ1) is 7.41. The fourth-order valence-corrected chi connectivity index (χ4v) is 18.0. The Morgan fingerprint density at radius 3 is 0.556 bits per heavy atom. The molecule has 0 bridgehead atoms. The molecule has 0 N–H and O–H groups in total. The predicted octanol–water partition coefficient (Wildman–Crippen LogP) is 5.77. The fraction of sp³-hybridized carbons (Fsp3) is 1.00. The molecule has 0 aliphatic rings. The molecule has 0 aromatic rings. The number of hydrogen-bond donors (Lipinski definition) is 0. The third-order valence-electron chi connectivity index (χ3n) is 0.971. The average Bonchev–Trinajstić information content (AvgIpc) is 1.64. The maximum absolute atomic E-state index is 5.88. The van der Waals surface area contributed by atoms with E-state index in [1.165, 1.54) is 0 Å². The van der Waals surface area contributed by atoms with Gasteiger partial charge in [-0.2, -0.15) is 0 Å². The first-order valence-corrected chi connectivity index (χ1v) is 21.3. The fourth-order valence-electron chi connectivity index (χ4n) is 1.15. The van der Waals surface area contributed by atoms with E-state index >= 15 is 0 Å². The summed E-state index contributed by atoms with van der Waals surface area (Å²) < 4.78 is 10.9. The van der Waals surface area contributed by atoms with Gasteiger partial charge in [-0.1, -0.05) is 0 Å². The quantitative estimate of drug-likeness (QED) is 0.436. The summed E-state index contributed by atoms with van der Waals surface area (Å²) >= 11 is 23.5. The van der Waals surface area contributed by atoms with Crippen molar-refractivity contribution in [2.24, 2.45) is 0 Å². The summed E-state index contributed by atoms with van der Waals surface area (Å²) in [7, 11) is -7.56. The lowest BCUT2D eigenvalue weighted by Gasteiger charge is -2.23. The summed E-state index contributed by atoms with van der Waals surface area (Å²) in [4.78, 5) is 0. The van der Waals surface area contributed by atoms with Crippen LogP contribution in [0.4, 0.5) is 0 Å². The topological polar surface area (TPSA) is 18.5 Å². The summed E-state index contributed by atoms with van der Waals surface area (Å²) in [5.41, 5.74) is 0. The molecule has 0 aromatic carbocycles. The molecule has 0 aliphatic carbocycles. The first kappa shape index (κ1) is 22.2. The van der Waals surface area contributed by atoms with Gasteiger partial charge in [0.25, 0.3) is 30.5 Å². The molecule has 112 valence electrons. The van der Waals surface area contributed by atoms with Crippen LogP contribution in [0, 0.1) is 0 Å². The van der Waals surface area contributed by atoms with Crippen molar-refractivity contribution in [2.75, 3.05) is 0 Å². The van der Waals surface area contributed by atoms with Crippen LogP contribution in [0.1, 0.15) is 0 Å². The monoisotopic (exact) mass is 404 g/mol. The second kappa shape index (κ2) is 7.81. The average molecular weight is 406 g/mol. The van der Waals surface area contributed by atoms with Crippen molar-refractivity contribution in [2.45, 2.75) is 52.4 Å². The molecule has 0 aromatic heterocycles. The molecule has 0 radical (unpaired) electrons. The second-order valence-corrected chi connectivity index (χ2v) is 29.1. The van der Waals surface area contributed by atoms with Crippen LogP contribution in [0.15, 0.2) is 0 Å². The highest BCUT2D eigenvalue weighted by atomic mass is 35.6. The van der Waals surface area contributed by atoms with E-state index < -0.39 is 30.5 Å². The van der Waals surface area contributed by atoms with Crippen LogP contribution in [-0.2, 0) is 8.23 Å². The van der Waals surface area contributed by atoms with Gasteiger partial charge < -0.3 is 8.23 Å². The van der Waals surface area contributed by atoms with Gasteiger partial charge >= 0.3 is 0 Å². The molecule has 0 aliphatic heterocycles. The van der Waals surface area contributed by atoms with Gasteiger partial charge in [-0.25, -0.2) is 0 Å². The third-order valence-corrected chi connectivity index (χ3v) is 11.5. The molecule has 0 saturated heterocycles. The van der Waals surface area contributed by atoms with E-state index in [1.807, 2.05) is 52.4 Å². The highest BCUT2D eigenvalue weighted by Gasteiger charge is 2.30. The Morgan fingerprint density at radius 2 is 0.556 bits per heavy atom. The Balaban J connectivity index is 0. The molecule has 18 heavy (non-hydrogen) atoms. The standard InChI is InChI=1S/2C4H12Cl2OSi2/c2*1-8(2,5)7-9(3,4)6/h2*1-4H3. The van der Waals surface area contributed by atoms with Crippen LogP contribution in [0.5, 0.6) is 0 Å². The van der Waals surface area contributed by atoms with Gasteiger partial charge in [0.15, 0.2) is 0 Å². The van der Waals surface area contributed by atoms with Gasteiger partial charge in [-0.3, -0.25) is 0 Å². The van der Waals surface area contributed by atoms with E-state index in [2.05, 4.69) is 0 Å². The zero-order valence-electron chi connectivity index (χ0n) is 12.3. The summed E-state index contributed by atoms with van der Waals surface area (Å²) in [5.74, 6) is 0. The smallest absolute Gasteiger partial charge is 0.274 e. The third kappa shape index (κ3) is 26.5. The van der Waals surface area contributed by atoms with Crippen molar-refractivity contribution in [3.63, 3.8) is 0 Å². The van der Waals surface area contributed by atoms with E-state index in [4.69, 9.17) is 52.5 Å². The van der Waals surface area contributed by atoms with Gasteiger partial charge in [0.2, 0.25) is 0 Å². The van der Waals surface area contributed by atoms with Crippen molar-refractivity contribution in [1.82, 2.24) is 0 Å². The van der Waals surface area contributed by atoms with E-state index in [0.29, 0.717) is 0 Å². The lowest BCUT2D eigenvalue weighted by molar-refractivity contribution is 0.588. The normalized spacial score (nSPS) is 14.0. The summed E-state index contributed by atoms with van der Waals surface area (Å²) in [6.07, 6.45) is 0. The Kier molecular flexibility index (Phi) is 9.65. The van der Waals surface area contributed by atoms with Crippen molar-refractivity contribution in [3.05, 3.63) is 0 Å². The first-order valence-electron chi connectivity index (χ1n) is 5.57. The van der Waals surface area contributed by atoms with E-state index in [9.17, 15) is 0 Å². The Morgan fingerprint density at radius 1 is 0.444 bits per heavy atom. The van der Waals surface area contributed by atoms with Crippen molar-refractivity contribution in [1.29, 1.82) is 0 Å². The molecule has 2 nitrogen and oxygen atoms in total. The van der Waals surface area contributed by atoms with Gasteiger partial charge in [-0.05, 0) is 52.4 Å². The zero-order chi connectivity index (χ0) is 15.4. The van der Waals surface area contributed by atoms with Crippen LogP contribution < -0.4 is 0 Å². The maximum Gasteiger partial charge on any atom is 0.274 e. The van der Waals surface area contributed by atoms with E-state index in [0.717, 1.165) is 0 Å². The number of rotatable bonds is 4. The molecule has 0 fully saturated rings. The number of halogens is 4. The molecule has 0 unspecified atom stereocenters. The van der Waals surface area contributed by atoms with Crippen LogP contribution in [0.3, 0.4) is 0 Å². The van der Waals surface area contributed by atoms with Crippen LogP contribution >= 0.6 is 44.3 Å². The molecule has 0 spiro atoms. The molecule has 0 saturated carbocycles. The molecule has 0 amide bonds. The minimum Gasteiger partial charge on any atom is -0.433 e. The number of hydrogen-bond acceptors (Lipinski definition) is 2. The Labute approximate surface area is 135 Å². The highest BCUT2D eigenvalue weighted by Crippen LogP contribution is 2.20. The predicted molar refractivity (Wildman–Crippen MR) is 95.5 cm³/mol. The van der Waals surface area contributed by atoms with Crippen LogP contribution in [0.25, 0.3) is 0 Å². The van der Waals surface area contributed by atoms with E-state index in [1.54, 1.807) is 0 Å². The zero-order valence-corrected chi connectivity index (χ0v) is 19.4. The van der Waals surface area contributed by atoms with Crippen LogP contribution in [-0.4, -0.2) is 30.5 Å². The maximum atomic E-state index is 5.88. The van der Waals surface area contributed by atoms with Gasteiger partial charge in [0, 0.05) is 0 Å². The molecule has 0 heterocycles. The molecule has 0 atom stereocenters. The molecule has 0 rings (SSSR count). The lowest BCUT2D eigenvalue weighted by Crippen LogP contribution is -2.36. The SMILES string of the molecule is C[Si](C)(Cl)O[Si](C)(C)Cl.C[Si](C)(Cl)O[Si](C)(C)Cl. The molecular weight excluding hydrogens is 382 g/mol. The Bertz CT molecular complexity index is 189. The van der Waals surface area contributed by atoms with Gasteiger partial charge in [0.05, 0.1) is 0 Å². The Hall–Kier alpha value is 1.95. The lowest BCUT2D eigenvalue weighted by atomic mass is 11.9. The molecule has 10 heteroatoms. The van der Waals surface area contributed by atoms with Gasteiger partial charge in [0.1, 0.15) is 0 Å². The highest BCUT2D eigenvalue weighted by molar-refractivity contribution is 7.25. The largest absolute Gasteiger partial charge is 0.433 e. The second-order valence-electron chi connectivity index (χ2n) is 5.66. The van der Waals surface area contributed by atoms with Crippen molar-refractivity contribution in [3.8, 4) is 0 Å². The molecular formula is C8H24Cl4O2Si4. The van der Waals surface area contributed by atoms with Crippen molar-refractivity contribution >= 4 is 74.8 Å².